The summed E-state index contributed by atoms with van der Waals surface area (Å²) in [4.78, 5) is 11.5. The number of carbonyl (C=O) groups is 1. The van der Waals surface area contributed by atoms with Crippen LogP contribution >= 0.6 is 0 Å². The van der Waals surface area contributed by atoms with Gasteiger partial charge in [-0.1, -0.05) is 13.8 Å². The molecule has 0 amide bonds. The van der Waals surface area contributed by atoms with E-state index in [1.165, 1.54) is 7.11 Å². The fraction of sp³-hybridized carbons (Fsp3) is 0.500. The molecule has 2 N–H and O–H groups in total. The number of benzene rings is 1. The molecule has 1 aromatic carbocycles. The molecule has 0 saturated carbocycles. The quantitative estimate of drug-likeness (QED) is 0.801. The largest absolute Gasteiger partial charge is 0.465 e. The number of esters is 1. The lowest BCUT2D eigenvalue weighted by atomic mass is 9.99. The number of nitrogens with one attached hydrogen (secondary N) is 1. The number of hydrogen-bond acceptors (Lipinski definition) is 5. The van der Waals surface area contributed by atoms with E-state index in [1.54, 1.807) is 18.2 Å². The fourth-order valence-corrected chi connectivity index (χ4v) is 2.22. The molecule has 0 aromatic heterocycles. The van der Waals surface area contributed by atoms with Gasteiger partial charge in [-0.25, -0.2) is 4.79 Å². The van der Waals surface area contributed by atoms with Crippen molar-refractivity contribution in [3.05, 3.63) is 29.3 Å². The van der Waals surface area contributed by atoms with E-state index >= 15 is 0 Å². The third-order valence-corrected chi connectivity index (χ3v) is 3.06. The minimum absolute atomic E-state index is 0.180. The normalized spacial score (nSPS) is 21.7. The molecule has 0 aliphatic carbocycles. The highest BCUT2D eigenvalue weighted by Crippen LogP contribution is 2.28. The van der Waals surface area contributed by atoms with Crippen LogP contribution in [0.3, 0.4) is 0 Å². The van der Waals surface area contributed by atoms with Crippen molar-refractivity contribution in [3.8, 4) is 5.75 Å². The summed E-state index contributed by atoms with van der Waals surface area (Å²) in [6.45, 7) is 4.01. The summed E-state index contributed by atoms with van der Waals surface area (Å²) in [6.07, 6.45) is -0.265. The van der Waals surface area contributed by atoms with Crippen LogP contribution in [-0.4, -0.2) is 36.6 Å². The molecule has 0 bridgehead atoms. The number of carbonyl (C=O) groups excluding carboxylic acids is 1. The first-order valence-electron chi connectivity index (χ1n) is 6.33. The Morgan fingerprint density at radius 3 is 2.89 bits per heavy atom. The number of ether oxygens (including phenoxy) is 2. The molecule has 0 unspecified atom stereocenters. The maximum Gasteiger partial charge on any atom is 0.337 e. The van der Waals surface area contributed by atoms with Crippen LogP contribution in [0.1, 0.15) is 29.8 Å². The summed E-state index contributed by atoms with van der Waals surface area (Å²) in [5, 5.41) is 13.2. The Bertz CT molecular complexity index is 473. The molecule has 0 radical (unpaired) electrons. The van der Waals surface area contributed by atoms with Gasteiger partial charge in [0, 0.05) is 6.04 Å². The molecule has 5 nitrogen and oxygen atoms in total. The van der Waals surface area contributed by atoms with Gasteiger partial charge in [0.25, 0.3) is 0 Å². The predicted octanol–water partition coefficient (Wildman–Crippen LogP) is 1.09. The van der Waals surface area contributed by atoms with E-state index in [9.17, 15) is 9.90 Å². The number of aliphatic hydroxyl groups is 1. The lowest BCUT2D eigenvalue weighted by molar-refractivity contribution is -0.0570. The summed E-state index contributed by atoms with van der Waals surface area (Å²) >= 11 is 0. The van der Waals surface area contributed by atoms with Gasteiger partial charge >= 0.3 is 5.97 Å². The van der Waals surface area contributed by atoms with Crippen LogP contribution in [0.15, 0.2) is 18.2 Å². The Morgan fingerprint density at radius 2 is 2.26 bits per heavy atom. The first-order chi connectivity index (χ1) is 9.01. The van der Waals surface area contributed by atoms with Gasteiger partial charge in [0.1, 0.15) is 5.75 Å². The van der Waals surface area contributed by atoms with Crippen molar-refractivity contribution >= 4 is 5.97 Å². The Hall–Kier alpha value is -1.59. The van der Waals surface area contributed by atoms with Gasteiger partial charge in [0.05, 0.1) is 18.7 Å². The van der Waals surface area contributed by atoms with Crippen LogP contribution < -0.4 is 10.1 Å². The summed E-state index contributed by atoms with van der Waals surface area (Å²) in [5.74, 6) is 0.240. The van der Waals surface area contributed by atoms with E-state index in [-0.39, 0.29) is 18.1 Å². The molecule has 1 aliphatic heterocycles. The van der Waals surface area contributed by atoms with Crippen molar-refractivity contribution in [3.63, 3.8) is 0 Å². The minimum Gasteiger partial charge on any atom is -0.465 e. The Balaban J connectivity index is 2.23. The highest BCUT2D eigenvalue weighted by atomic mass is 16.6. The molecule has 5 heteroatoms. The second-order valence-corrected chi connectivity index (χ2v) is 4.95. The number of fused-ring (bicyclic) bond motifs is 1. The molecule has 2 atom stereocenters. The third-order valence-electron chi connectivity index (χ3n) is 3.06. The molecule has 0 saturated heterocycles. The molecule has 0 fully saturated rings. The van der Waals surface area contributed by atoms with E-state index in [0.29, 0.717) is 17.7 Å². The van der Waals surface area contributed by atoms with Crippen molar-refractivity contribution < 1.29 is 19.4 Å². The Morgan fingerprint density at radius 1 is 1.53 bits per heavy atom. The first kappa shape index (κ1) is 13.8. The molecule has 2 rings (SSSR count). The highest BCUT2D eigenvalue weighted by molar-refractivity contribution is 5.89. The lowest BCUT2D eigenvalue weighted by Gasteiger charge is -2.32. The third kappa shape index (κ3) is 3.05. The monoisotopic (exact) mass is 265 g/mol. The van der Waals surface area contributed by atoms with E-state index < -0.39 is 6.29 Å². The second-order valence-electron chi connectivity index (χ2n) is 4.95. The predicted molar refractivity (Wildman–Crippen MR) is 70.2 cm³/mol. The van der Waals surface area contributed by atoms with Gasteiger partial charge in [0.2, 0.25) is 6.29 Å². The molecule has 104 valence electrons. The average molecular weight is 265 g/mol. The maximum atomic E-state index is 11.5. The van der Waals surface area contributed by atoms with Crippen molar-refractivity contribution in [1.82, 2.24) is 5.32 Å². The molecule has 19 heavy (non-hydrogen) atoms. The van der Waals surface area contributed by atoms with Gasteiger partial charge in [0.15, 0.2) is 0 Å². The van der Waals surface area contributed by atoms with E-state index in [2.05, 4.69) is 5.32 Å². The van der Waals surface area contributed by atoms with Gasteiger partial charge in [-0.3, -0.25) is 0 Å². The zero-order valence-corrected chi connectivity index (χ0v) is 11.3. The molecular formula is C14H19NO4. The van der Waals surface area contributed by atoms with Crippen LogP contribution in [0.25, 0.3) is 0 Å². The lowest BCUT2D eigenvalue weighted by Crippen LogP contribution is -2.49. The topological polar surface area (TPSA) is 67.8 Å². The molecule has 1 aliphatic rings. The SMILES string of the molecule is COC(=O)c1ccc2c(c1)C[C@H](NC(C)C)[C@H](O)O2. The van der Waals surface area contributed by atoms with Crippen molar-refractivity contribution in [2.75, 3.05) is 7.11 Å². The van der Waals surface area contributed by atoms with Gasteiger partial charge in [-0.15, -0.1) is 0 Å². The summed E-state index contributed by atoms with van der Waals surface area (Å²) in [6, 6.07) is 5.14. The van der Waals surface area contributed by atoms with Gasteiger partial charge in [-0.2, -0.15) is 0 Å². The van der Waals surface area contributed by atoms with Crippen LogP contribution in [-0.2, 0) is 11.2 Å². The van der Waals surface area contributed by atoms with E-state index in [0.717, 1.165) is 5.56 Å². The molecule has 1 heterocycles. The minimum atomic E-state index is -0.876. The van der Waals surface area contributed by atoms with Crippen molar-refractivity contribution in [2.24, 2.45) is 0 Å². The standard InChI is InChI=1S/C14H19NO4/c1-8(2)15-11-7-10-6-9(13(16)18-3)4-5-12(10)19-14(11)17/h4-6,8,11,14-15,17H,7H2,1-3H3/t11-,14+/m0/s1. The zero-order valence-electron chi connectivity index (χ0n) is 11.3. The number of rotatable bonds is 3. The van der Waals surface area contributed by atoms with E-state index in [1.807, 2.05) is 13.8 Å². The molecule has 1 aromatic rings. The number of aliphatic hydroxyl groups excluding tert-OH is 1. The molecule has 0 spiro atoms. The van der Waals surface area contributed by atoms with Gasteiger partial charge < -0.3 is 19.9 Å². The first-order valence-corrected chi connectivity index (χ1v) is 6.33. The summed E-state index contributed by atoms with van der Waals surface area (Å²) in [7, 11) is 1.35. The average Bonchev–Trinajstić information content (AvgIpc) is 2.37. The van der Waals surface area contributed by atoms with E-state index in [4.69, 9.17) is 9.47 Å². The fourth-order valence-electron chi connectivity index (χ4n) is 2.22. The Labute approximate surface area is 112 Å². The van der Waals surface area contributed by atoms with Crippen LogP contribution in [0.5, 0.6) is 5.75 Å². The molecular weight excluding hydrogens is 246 g/mol. The van der Waals surface area contributed by atoms with Crippen LogP contribution in [0.2, 0.25) is 0 Å². The zero-order chi connectivity index (χ0) is 14.0. The highest BCUT2D eigenvalue weighted by Gasteiger charge is 2.29. The second kappa shape index (κ2) is 5.59. The summed E-state index contributed by atoms with van der Waals surface area (Å²) in [5.41, 5.74) is 1.39. The number of hydrogen-bond donors (Lipinski definition) is 2. The van der Waals surface area contributed by atoms with Crippen LogP contribution in [0, 0.1) is 0 Å². The van der Waals surface area contributed by atoms with Gasteiger partial charge in [-0.05, 0) is 30.2 Å². The Kier molecular flexibility index (Phi) is 4.07. The van der Waals surface area contributed by atoms with Crippen molar-refractivity contribution in [2.45, 2.75) is 38.6 Å². The van der Waals surface area contributed by atoms with Crippen LogP contribution in [0.4, 0.5) is 0 Å². The van der Waals surface area contributed by atoms with Crippen molar-refractivity contribution in [1.29, 1.82) is 0 Å². The maximum absolute atomic E-state index is 11.5. The summed E-state index contributed by atoms with van der Waals surface area (Å²) < 4.78 is 10.1. The number of methoxy groups -OCH3 is 1. The smallest absolute Gasteiger partial charge is 0.337 e.